The Hall–Kier alpha value is -0.0900. The average Bonchev–Trinajstić information content (AvgIpc) is 1.82. The van der Waals surface area contributed by atoms with E-state index in [9.17, 15) is 4.79 Å². The normalized spacial score (nSPS) is 9.60. The molecular formula is C5H10ClNO2S. The molecular weight excluding hydrogens is 174 g/mol. The summed E-state index contributed by atoms with van der Waals surface area (Å²) in [5.74, 6) is 0.368. The molecule has 1 amide bonds. The van der Waals surface area contributed by atoms with Crippen LogP contribution in [-0.4, -0.2) is 18.1 Å². The van der Waals surface area contributed by atoms with Crippen molar-refractivity contribution in [2.75, 3.05) is 5.88 Å². The lowest BCUT2D eigenvalue weighted by atomic mass is 10.5. The molecule has 10 heavy (non-hydrogen) atoms. The molecule has 0 bridgehead atoms. The molecule has 0 aliphatic carbocycles. The highest BCUT2D eigenvalue weighted by molar-refractivity contribution is 8.21. The summed E-state index contributed by atoms with van der Waals surface area (Å²) in [5, 5.41) is 2.43. The summed E-state index contributed by atoms with van der Waals surface area (Å²) < 4.78 is 4.73. The summed E-state index contributed by atoms with van der Waals surface area (Å²) in [7, 11) is 6.25. The topological polar surface area (TPSA) is 38.3 Å². The standard InChI is InChI=1S/C5H10ClNO2S/c1-4(2)9-5(8)7-3-10-6/h4H,3H2,1-2H3,(H,7,8). The highest BCUT2D eigenvalue weighted by atomic mass is 35.7. The number of amides is 1. The van der Waals surface area contributed by atoms with Crippen LogP contribution >= 0.6 is 21.7 Å². The lowest BCUT2D eigenvalue weighted by Crippen LogP contribution is -2.25. The minimum Gasteiger partial charge on any atom is -0.447 e. The van der Waals surface area contributed by atoms with Gasteiger partial charge in [-0.3, -0.25) is 0 Å². The van der Waals surface area contributed by atoms with Crippen LogP contribution in [0.4, 0.5) is 4.79 Å². The van der Waals surface area contributed by atoms with Crippen LogP contribution in [0.1, 0.15) is 13.8 Å². The molecule has 5 heteroatoms. The van der Waals surface area contributed by atoms with E-state index in [1.54, 1.807) is 13.8 Å². The first-order valence-electron chi connectivity index (χ1n) is 2.85. The van der Waals surface area contributed by atoms with E-state index in [1.807, 2.05) is 0 Å². The zero-order valence-electron chi connectivity index (χ0n) is 5.89. The first-order valence-corrected chi connectivity index (χ1v) is 4.66. The minimum absolute atomic E-state index is 0.0830. The molecule has 0 heterocycles. The van der Waals surface area contributed by atoms with Crippen LogP contribution in [0.15, 0.2) is 0 Å². The van der Waals surface area contributed by atoms with Crippen LogP contribution in [0, 0.1) is 0 Å². The summed E-state index contributed by atoms with van der Waals surface area (Å²) >= 11 is 0. The first kappa shape index (κ1) is 9.91. The van der Waals surface area contributed by atoms with Gasteiger partial charge in [0.25, 0.3) is 0 Å². The number of nitrogens with one attached hydrogen (secondary N) is 1. The Morgan fingerprint density at radius 2 is 2.40 bits per heavy atom. The van der Waals surface area contributed by atoms with Gasteiger partial charge < -0.3 is 10.1 Å². The Kier molecular flexibility index (Phi) is 5.63. The molecule has 0 saturated carbocycles. The molecule has 0 aliphatic rings. The molecule has 0 aromatic heterocycles. The van der Waals surface area contributed by atoms with E-state index in [4.69, 9.17) is 15.4 Å². The molecule has 0 aliphatic heterocycles. The van der Waals surface area contributed by atoms with Crippen LogP contribution in [0.5, 0.6) is 0 Å². The van der Waals surface area contributed by atoms with E-state index in [1.165, 1.54) is 0 Å². The van der Waals surface area contributed by atoms with Gasteiger partial charge in [-0.25, -0.2) is 4.79 Å². The van der Waals surface area contributed by atoms with Crippen LogP contribution in [0.25, 0.3) is 0 Å². The number of ether oxygens (including phenoxy) is 1. The van der Waals surface area contributed by atoms with Gasteiger partial charge in [0.1, 0.15) is 0 Å². The predicted octanol–water partition coefficient (Wildman–Crippen LogP) is 1.97. The molecule has 3 nitrogen and oxygen atoms in total. The van der Waals surface area contributed by atoms with Crippen molar-refractivity contribution in [3.63, 3.8) is 0 Å². The van der Waals surface area contributed by atoms with Gasteiger partial charge in [0.05, 0.1) is 12.0 Å². The van der Waals surface area contributed by atoms with Gasteiger partial charge in [-0.05, 0) is 35.5 Å². The zero-order valence-corrected chi connectivity index (χ0v) is 7.46. The summed E-state index contributed by atoms with van der Waals surface area (Å²) in [6, 6.07) is 0. The lowest BCUT2D eigenvalue weighted by Gasteiger charge is -2.07. The maximum Gasteiger partial charge on any atom is 0.408 e. The lowest BCUT2D eigenvalue weighted by molar-refractivity contribution is 0.117. The van der Waals surface area contributed by atoms with Gasteiger partial charge in [-0.2, -0.15) is 0 Å². The summed E-state index contributed by atoms with van der Waals surface area (Å²) in [6.07, 6.45) is -0.511. The highest BCUT2D eigenvalue weighted by Crippen LogP contribution is 2.01. The van der Waals surface area contributed by atoms with E-state index in [-0.39, 0.29) is 6.10 Å². The largest absolute Gasteiger partial charge is 0.447 e. The fourth-order valence-corrected chi connectivity index (χ4v) is 0.678. The molecule has 0 radical (unpaired) electrons. The van der Waals surface area contributed by atoms with E-state index in [0.717, 1.165) is 11.0 Å². The maximum absolute atomic E-state index is 10.6. The van der Waals surface area contributed by atoms with Gasteiger partial charge in [0, 0.05) is 0 Å². The summed E-state index contributed by atoms with van der Waals surface area (Å²) in [5.41, 5.74) is 0. The predicted molar refractivity (Wildman–Crippen MR) is 43.1 cm³/mol. The number of hydrogen-bond donors (Lipinski definition) is 1. The quantitative estimate of drug-likeness (QED) is 0.680. The minimum atomic E-state index is -0.428. The van der Waals surface area contributed by atoms with Crippen LogP contribution < -0.4 is 5.32 Å². The third kappa shape index (κ3) is 6.04. The van der Waals surface area contributed by atoms with Crippen molar-refractivity contribution in [3.05, 3.63) is 0 Å². The second-order valence-electron chi connectivity index (χ2n) is 1.88. The molecule has 0 fully saturated rings. The number of hydrogen-bond acceptors (Lipinski definition) is 3. The number of rotatable bonds is 3. The van der Waals surface area contributed by atoms with Gasteiger partial charge in [0.2, 0.25) is 0 Å². The highest BCUT2D eigenvalue weighted by Gasteiger charge is 2.01. The Labute approximate surface area is 69.0 Å². The number of alkyl carbamates (subject to hydrolysis) is 1. The molecule has 0 saturated heterocycles. The monoisotopic (exact) mass is 183 g/mol. The number of carbonyl (C=O) groups excluding carboxylic acids is 1. The van der Waals surface area contributed by atoms with E-state index >= 15 is 0 Å². The zero-order chi connectivity index (χ0) is 7.98. The third-order valence-corrected chi connectivity index (χ3v) is 1.19. The number of carbonyl (C=O) groups is 1. The Balaban J connectivity index is 3.26. The molecule has 0 aromatic rings. The molecule has 0 spiro atoms. The van der Waals surface area contributed by atoms with E-state index in [0.29, 0.717) is 5.88 Å². The first-order chi connectivity index (χ1) is 4.66. The Morgan fingerprint density at radius 1 is 1.80 bits per heavy atom. The van der Waals surface area contributed by atoms with Gasteiger partial charge in [-0.15, -0.1) is 0 Å². The van der Waals surface area contributed by atoms with Crippen molar-refractivity contribution in [3.8, 4) is 0 Å². The summed E-state index contributed by atoms with van der Waals surface area (Å²) in [6.45, 7) is 3.57. The van der Waals surface area contributed by atoms with Crippen molar-refractivity contribution < 1.29 is 9.53 Å². The van der Waals surface area contributed by atoms with E-state index < -0.39 is 6.09 Å². The van der Waals surface area contributed by atoms with Gasteiger partial charge in [-0.1, -0.05) is 0 Å². The van der Waals surface area contributed by atoms with E-state index in [2.05, 4.69) is 5.32 Å². The Bertz CT molecular complexity index is 110. The second kappa shape index (κ2) is 5.68. The van der Waals surface area contributed by atoms with Crippen molar-refractivity contribution >= 4 is 27.8 Å². The molecule has 0 unspecified atom stereocenters. The van der Waals surface area contributed by atoms with Crippen LogP contribution in [-0.2, 0) is 4.74 Å². The van der Waals surface area contributed by atoms with Crippen molar-refractivity contribution in [2.24, 2.45) is 0 Å². The molecule has 0 atom stereocenters. The number of halogens is 1. The molecule has 0 rings (SSSR count). The molecule has 0 aromatic carbocycles. The molecule has 1 N–H and O–H groups in total. The average molecular weight is 184 g/mol. The van der Waals surface area contributed by atoms with Crippen molar-refractivity contribution in [1.29, 1.82) is 0 Å². The third-order valence-electron chi connectivity index (χ3n) is 0.614. The summed E-state index contributed by atoms with van der Waals surface area (Å²) in [4.78, 5) is 10.6. The molecule has 60 valence electrons. The van der Waals surface area contributed by atoms with Crippen LogP contribution in [0.3, 0.4) is 0 Å². The SMILES string of the molecule is CC(C)OC(=O)NCSCl. The fraction of sp³-hybridized carbons (Fsp3) is 0.800. The van der Waals surface area contributed by atoms with Crippen LogP contribution in [0.2, 0.25) is 0 Å². The van der Waals surface area contributed by atoms with Crippen molar-refractivity contribution in [2.45, 2.75) is 20.0 Å². The van der Waals surface area contributed by atoms with Crippen molar-refractivity contribution in [1.82, 2.24) is 5.32 Å². The van der Waals surface area contributed by atoms with Gasteiger partial charge >= 0.3 is 6.09 Å². The second-order valence-corrected chi connectivity index (χ2v) is 3.05. The Morgan fingerprint density at radius 3 is 2.80 bits per heavy atom. The smallest absolute Gasteiger partial charge is 0.408 e. The fourth-order valence-electron chi connectivity index (χ4n) is 0.342. The maximum atomic E-state index is 10.6. The van der Waals surface area contributed by atoms with Gasteiger partial charge in [0.15, 0.2) is 0 Å².